The van der Waals surface area contributed by atoms with Crippen molar-refractivity contribution in [1.82, 2.24) is 4.90 Å². The summed E-state index contributed by atoms with van der Waals surface area (Å²) in [5.74, 6) is 0. The maximum atomic E-state index is 13.5. The summed E-state index contributed by atoms with van der Waals surface area (Å²) in [6.07, 6.45) is -0.132. The van der Waals surface area contributed by atoms with E-state index >= 15 is 0 Å². The van der Waals surface area contributed by atoms with Crippen molar-refractivity contribution in [1.29, 1.82) is 0 Å². The van der Waals surface area contributed by atoms with Crippen molar-refractivity contribution in [3.63, 3.8) is 0 Å². The zero-order chi connectivity index (χ0) is 14.0. The van der Waals surface area contributed by atoms with Crippen molar-refractivity contribution >= 4 is 8.32 Å². The first kappa shape index (κ1) is 16.1. The second-order valence-corrected chi connectivity index (χ2v) is 11.7. The Balaban J connectivity index is 2.30. The molecule has 0 saturated carbocycles. The minimum atomic E-state index is -1.67. The highest BCUT2D eigenvalue weighted by atomic mass is 28.4. The fourth-order valence-corrected chi connectivity index (χ4v) is 2.87. The summed E-state index contributed by atoms with van der Waals surface area (Å²) in [5.41, 5.74) is 5.67. The van der Waals surface area contributed by atoms with E-state index in [0.29, 0.717) is 13.2 Å². The normalized spacial score (nSPS) is 27.5. The molecule has 1 rings (SSSR count). The van der Waals surface area contributed by atoms with Crippen molar-refractivity contribution in [2.24, 2.45) is 5.73 Å². The predicted octanol–water partition coefficient (Wildman–Crippen LogP) is 2.38. The van der Waals surface area contributed by atoms with Gasteiger partial charge in [-0.05, 0) is 31.1 Å². The van der Waals surface area contributed by atoms with Gasteiger partial charge in [0.25, 0.3) is 0 Å². The summed E-state index contributed by atoms with van der Waals surface area (Å²) in [5, 5.41) is 0.236. The third-order valence-electron chi connectivity index (χ3n) is 4.35. The minimum absolute atomic E-state index is 0.236. The molecule has 5 heteroatoms. The summed E-state index contributed by atoms with van der Waals surface area (Å²) >= 11 is 0. The van der Waals surface area contributed by atoms with Gasteiger partial charge in [0.05, 0.1) is 0 Å². The molecule has 1 aliphatic rings. The molecule has 2 atom stereocenters. The summed E-state index contributed by atoms with van der Waals surface area (Å²) in [4.78, 5) is 2.13. The first-order valence-corrected chi connectivity index (χ1v) is 9.80. The van der Waals surface area contributed by atoms with E-state index in [9.17, 15) is 4.39 Å². The van der Waals surface area contributed by atoms with Crippen LogP contribution >= 0.6 is 0 Å². The van der Waals surface area contributed by atoms with Crippen molar-refractivity contribution < 1.29 is 8.82 Å². The topological polar surface area (TPSA) is 38.5 Å². The summed E-state index contributed by atoms with van der Waals surface area (Å²) in [6.45, 7) is 14.1. The molecule has 2 N–H and O–H groups in total. The first-order chi connectivity index (χ1) is 8.13. The maximum Gasteiger partial charge on any atom is 0.192 e. The van der Waals surface area contributed by atoms with Crippen LogP contribution in [0.2, 0.25) is 18.1 Å². The number of halogens is 1. The van der Waals surface area contributed by atoms with Gasteiger partial charge in [-0.1, -0.05) is 20.8 Å². The molecule has 1 aliphatic heterocycles. The molecule has 1 heterocycles. The van der Waals surface area contributed by atoms with Gasteiger partial charge in [0.2, 0.25) is 0 Å². The Labute approximate surface area is 112 Å². The van der Waals surface area contributed by atoms with Crippen LogP contribution in [0, 0.1) is 0 Å². The van der Waals surface area contributed by atoms with Crippen LogP contribution < -0.4 is 5.73 Å². The Morgan fingerprint density at radius 3 is 2.50 bits per heavy atom. The number of likely N-dealkylation sites (tertiary alicyclic amines) is 1. The van der Waals surface area contributed by atoms with E-state index in [1.807, 2.05) is 0 Å². The molecule has 0 unspecified atom stereocenters. The van der Waals surface area contributed by atoms with E-state index in [2.05, 4.69) is 38.8 Å². The van der Waals surface area contributed by atoms with Crippen molar-refractivity contribution in [3.8, 4) is 0 Å². The van der Waals surface area contributed by atoms with Gasteiger partial charge in [0.1, 0.15) is 6.17 Å². The van der Waals surface area contributed by atoms with E-state index in [0.717, 1.165) is 19.5 Å². The molecule has 3 nitrogen and oxygen atoms in total. The first-order valence-electron chi connectivity index (χ1n) is 6.89. The molecule has 1 fully saturated rings. The van der Waals surface area contributed by atoms with Crippen LogP contribution in [-0.2, 0) is 4.43 Å². The fraction of sp³-hybridized carbons (Fsp3) is 1.00. The van der Waals surface area contributed by atoms with Crippen LogP contribution in [0.1, 0.15) is 27.2 Å². The highest BCUT2D eigenvalue weighted by Crippen LogP contribution is 2.36. The quantitative estimate of drug-likeness (QED) is 0.801. The highest BCUT2D eigenvalue weighted by Gasteiger charge is 2.37. The second-order valence-electron chi connectivity index (χ2n) is 6.88. The molecule has 0 aromatic carbocycles. The average Bonchev–Trinajstić information content (AvgIpc) is 2.21. The Bertz CT molecular complexity index is 268. The zero-order valence-electron chi connectivity index (χ0n) is 12.5. The van der Waals surface area contributed by atoms with Gasteiger partial charge in [-0.15, -0.1) is 0 Å². The van der Waals surface area contributed by atoms with Crippen LogP contribution in [0.15, 0.2) is 0 Å². The Morgan fingerprint density at radius 1 is 1.39 bits per heavy atom. The number of piperidine rings is 1. The van der Waals surface area contributed by atoms with Gasteiger partial charge in [0.15, 0.2) is 8.32 Å². The number of alkyl halides is 1. The van der Waals surface area contributed by atoms with Crippen molar-refractivity contribution in [2.75, 3.05) is 26.2 Å². The zero-order valence-corrected chi connectivity index (χ0v) is 13.5. The molecule has 0 spiro atoms. The third kappa shape index (κ3) is 4.30. The minimum Gasteiger partial charge on any atom is -0.416 e. The summed E-state index contributed by atoms with van der Waals surface area (Å²) in [6, 6.07) is -0.275. The Morgan fingerprint density at radius 2 is 2.00 bits per heavy atom. The molecule has 108 valence electrons. The van der Waals surface area contributed by atoms with Crippen molar-refractivity contribution in [2.45, 2.75) is 57.5 Å². The molecule has 1 saturated heterocycles. The van der Waals surface area contributed by atoms with Gasteiger partial charge in [-0.3, -0.25) is 4.90 Å². The number of nitrogens with two attached hydrogens (primary N) is 1. The second kappa shape index (κ2) is 5.99. The Kier molecular flexibility index (Phi) is 5.35. The van der Waals surface area contributed by atoms with Gasteiger partial charge in [-0.25, -0.2) is 4.39 Å². The van der Waals surface area contributed by atoms with E-state index in [1.54, 1.807) is 0 Å². The molecule has 0 aliphatic carbocycles. The lowest BCUT2D eigenvalue weighted by molar-refractivity contribution is 0.103. The van der Waals surface area contributed by atoms with Crippen LogP contribution in [0.3, 0.4) is 0 Å². The lowest BCUT2D eigenvalue weighted by Crippen LogP contribution is -2.50. The molecular weight excluding hydrogens is 247 g/mol. The van der Waals surface area contributed by atoms with Gasteiger partial charge < -0.3 is 10.2 Å². The Hall–Kier alpha value is 0.0269. The predicted molar refractivity (Wildman–Crippen MR) is 77.1 cm³/mol. The van der Waals surface area contributed by atoms with Crippen LogP contribution in [-0.4, -0.2) is 51.7 Å². The molecule has 0 aromatic heterocycles. The van der Waals surface area contributed by atoms with Crippen molar-refractivity contribution in [3.05, 3.63) is 0 Å². The molecule has 0 amide bonds. The molecular formula is C13H29FN2OSi. The van der Waals surface area contributed by atoms with Crippen LogP contribution in [0.5, 0.6) is 0 Å². The molecule has 0 aromatic rings. The average molecular weight is 276 g/mol. The SMILES string of the molecule is CC(C)(C)[Si](C)(C)OCCN1CC[C@@H](N)[C@@H](F)C1. The molecule has 0 radical (unpaired) electrons. The van der Waals surface area contributed by atoms with Gasteiger partial charge in [-0.2, -0.15) is 0 Å². The summed E-state index contributed by atoms with van der Waals surface area (Å²) < 4.78 is 19.6. The van der Waals surface area contributed by atoms with E-state index in [-0.39, 0.29) is 11.1 Å². The lowest BCUT2D eigenvalue weighted by Gasteiger charge is -2.38. The number of rotatable bonds is 4. The molecule has 0 bridgehead atoms. The van der Waals surface area contributed by atoms with Crippen LogP contribution in [0.4, 0.5) is 4.39 Å². The third-order valence-corrected chi connectivity index (χ3v) is 8.89. The van der Waals surface area contributed by atoms with E-state index < -0.39 is 14.5 Å². The molecule has 18 heavy (non-hydrogen) atoms. The van der Waals surface area contributed by atoms with Gasteiger partial charge >= 0.3 is 0 Å². The largest absolute Gasteiger partial charge is 0.416 e. The summed E-state index contributed by atoms with van der Waals surface area (Å²) in [7, 11) is -1.67. The van der Waals surface area contributed by atoms with E-state index in [1.165, 1.54) is 0 Å². The fourth-order valence-electron chi connectivity index (χ4n) is 1.84. The van der Waals surface area contributed by atoms with Crippen LogP contribution in [0.25, 0.3) is 0 Å². The number of hydrogen-bond acceptors (Lipinski definition) is 3. The lowest BCUT2D eigenvalue weighted by atomic mass is 10.0. The maximum absolute atomic E-state index is 13.5. The monoisotopic (exact) mass is 276 g/mol. The highest BCUT2D eigenvalue weighted by molar-refractivity contribution is 6.74. The number of nitrogens with zero attached hydrogens (tertiary/aromatic N) is 1. The number of hydrogen-bond donors (Lipinski definition) is 1. The van der Waals surface area contributed by atoms with E-state index in [4.69, 9.17) is 10.2 Å². The standard InChI is InChI=1S/C13H29FN2OSi/c1-13(2,3)18(4,5)17-9-8-16-7-6-12(15)11(14)10-16/h11-12H,6-10,15H2,1-5H3/t11-,12+/m0/s1. The smallest absolute Gasteiger partial charge is 0.192 e. The van der Waals surface area contributed by atoms with Gasteiger partial charge in [0, 0.05) is 25.7 Å².